The standard InChI is InChI=1S/C10H12N2O2/c1-2-8-5-10(14-4-3-13)9(6-11)12-7-8/h1,5,7,13H,3-4,6,11H2. The number of hydrogen-bond acceptors (Lipinski definition) is 4. The maximum atomic E-state index is 8.60. The molecule has 0 amide bonds. The van der Waals surface area contributed by atoms with Crippen molar-refractivity contribution in [3.05, 3.63) is 23.5 Å². The van der Waals surface area contributed by atoms with Crippen molar-refractivity contribution in [2.75, 3.05) is 13.2 Å². The quantitative estimate of drug-likeness (QED) is 0.653. The van der Waals surface area contributed by atoms with Gasteiger partial charge >= 0.3 is 0 Å². The molecule has 1 heterocycles. The van der Waals surface area contributed by atoms with Crippen molar-refractivity contribution in [1.82, 2.24) is 4.98 Å². The van der Waals surface area contributed by atoms with E-state index in [0.717, 1.165) is 0 Å². The zero-order valence-corrected chi connectivity index (χ0v) is 7.73. The van der Waals surface area contributed by atoms with Crippen LogP contribution >= 0.6 is 0 Å². The Labute approximate surface area is 82.7 Å². The molecular formula is C10H12N2O2. The van der Waals surface area contributed by atoms with E-state index < -0.39 is 0 Å². The Morgan fingerprint density at radius 3 is 3.00 bits per heavy atom. The number of aliphatic hydroxyl groups is 1. The Hall–Kier alpha value is -1.57. The average Bonchev–Trinajstić information content (AvgIpc) is 2.25. The summed E-state index contributed by atoms with van der Waals surface area (Å²) in [7, 11) is 0. The van der Waals surface area contributed by atoms with Crippen LogP contribution in [0.5, 0.6) is 5.75 Å². The second kappa shape index (κ2) is 5.22. The molecule has 74 valence electrons. The van der Waals surface area contributed by atoms with Crippen LogP contribution < -0.4 is 10.5 Å². The van der Waals surface area contributed by atoms with Crippen molar-refractivity contribution in [3.63, 3.8) is 0 Å². The summed E-state index contributed by atoms with van der Waals surface area (Å²) in [4.78, 5) is 4.05. The Bertz CT molecular complexity index is 344. The molecule has 4 nitrogen and oxygen atoms in total. The molecule has 0 radical (unpaired) electrons. The minimum absolute atomic E-state index is 0.0513. The summed E-state index contributed by atoms with van der Waals surface area (Å²) < 4.78 is 5.23. The zero-order chi connectivity index (χ0) is 10.4. The van der Waals surface area contributed by atoms with Gasteiger partial charge in [0, 0.05) is 18.3 Å². The van der Waals surface area contributed by atoms with E-state index in [9.17, 15) is 0 Å². The first-order valence-electron chi connectivity index (χ1n) is 4.21. The third-order valence-electron chi connectivity index (χ3n) is 1.64. The van der Waals surface area contributed by atoms with Crippen molar-refractivity contribution in [2.24, 2.45) is 5.73 Å². The van der Waals surface area contributed by atoms with Crippen LogP contribution in [0.2, 0.25) is 0 Å². The summed E-state index contributed by atoms with van der Waals surface area (Å²) >= 11 is 0. The lowest BCUT2D eigenvalue weighted by Crippen LogP contribution is -2.08. The lowest BCUT2D eigenvalue weighted by molar-refractivity contribution is 0.199. The van der Waals surface area contributed by atoms with Gasteiger partial charge in [-0.05, 0) is 6.07 Å². The van der Waals surface area contributed by atoms with Gasteiger partial charge in [0.2, 0.25) is 0 Å². The lowest BCUT2D eigenvalue weighted by atomic mass is 10.2. The van der Waals surface area contributed by atoms with Gasteiger partial charge in [-0.3, -0.25) is 4.98 Å². The molecule has 1 rings (SSSR count). The highest BCUT2D eigenvalue weighted by Gasteiger charge is 2.04. The van der Waals surface area contributed by atoms with Crippen molar-refractivity contribution < 1.29 is 9.84 Å². The molecule has 1 aromatic heterocycles. The summed E-state index contributed by atoms with van der Waals surface area (Å²) in [6, 6.07) is 1.69. The van der Waals surface area contributed by atoms with Crippen LogP contribution in [0.25, 0.3) is 0 Å². The molecule has 0 bridgehead atoms. The molecular weight excluding hydrogens is 180 g/mol. The van der Waals surface area contributed by atoms with Gasteiger partial charge in [0.1, 0.15) is 12.4 Å². The number of nitrogens with zero attached hydrogens (tertiary/aromatic N) is 1. The fourth-order valence-corrected chi connectivity index (χ4v) is 0.986. The number of nitrogens with two attached hydrogens (primary N) is 1. The van der Waals surface area contributed by atoms with Gasteiger partial charge in [-0.25, -0.2) is 0 Å². The second-order valence-corrected chi connectivity index (χ2v) is 2.59. The first-order valence-corrected chi connectivity index (χ1v) is 4.21. The predicted octanol–water partition coefficient (Wildman–Crippen LogP) is -0.107. The molecule has 14 heavy (non-hydrogen) atoms. The van der Waals surface area contributed by atoms with Crippen molar-refractivity contribution >= 4 is 0 Å². The molecule has 0 aromatic carbocycles. The molecule has 0 saturated carbocycles. The van der Waals surface area contributed by atoms with Crippen LogP contribution in [0.15, 0.2) is 12.3 Å². The molecule has 1 aromatic rings. The number of ether oxygens (including phenoxy) is 1. The van der Waals surface area contributed by atoms with Crippen LogP contribution in [-0.2, 0) is 6.54 Å². The third kappa shape index (κ3) is 2.46. The van der Waals surface area contributed by atoms with E-state index in [0.29, 0.717) is 17.0 Å². The number of aliphatic hydroxyl groups excluding tert-OH is 1. The van der Waals surface area contributed by atoms with E-state index in [1.54, 1.807) is 12.3 Å². The molecule has 3 N–H and O–H groups in total. The number of pyridine rings is 1. The first kappa shape index (κ1) is 10.5. The van der Waals surface area contributed by atoms with Gasteiger partial charge in [-0.1, -0.05) is 5.92 Å². The molecule has 0 unspecified atom stereocenters. The van der Waals surface area contributed by atoms with Crippen LogP contribution in [0.4, 0.5) is 0 Å². The molecule has 4 heteroatoms. The van der Waals surface area contributed by atoms with E-state index in [4.69, 9.17) is 22.0 Å². The Balaban J connectivity index is 2.91. The zero-order valence-electron chi connectivity index (χ0n) is 7.73. The van der Waals surface area contributed by atoms with Gasteiger partial charge in [0.15, 0.2) is 0 Å². The summed E-state index contributed by atoms with van der Waals surface area (Å²) in [5, 5.41) is 8.60. The molecule has 0 atom stereocenters. The normalized spacial score (nSPS) is 9.50. The first-order chi connectivity index (χ1) is 6.81. The smallest absolute Gasteiger partial charge is 0.143 e. The van der Waals surface area contributed by atoms with E-state index in [-0.39, 0.29) is 19.8 Å². The summed E-state index contributed by atoms with van der Waals surface area (Å²) in [6.45, 7) is 0.443. The fraction of sp³-hybridized carbons (Fsp3) is 0.300. The van der Waals surface area contributed by atoms with Crippen LogP contribution in [0.3, 0.4) is 0 Å². The lowest BCUT2D eigenvalue weighted by Gasteiger charge is -2.08. The van der Waals surface area contributed by atoms with E-state index in [1.807, 2.05) is 0 Å². The predicted molar refractivity (Wildman–Crippen MR) is 52.6 cm³/mol. The third-order valence-corrected chi connectivity index (χ3v) is 1.64. The molecule has 0 saturated heterocycles. The highest BCUT2D eigenvalue weighted by Crippen LogP contribution is 2.16. The molecule has 0 spiro atoms. The van der Waals surface area contributed by atoms with Gasteiger partial charge in [0.25, 0.3) is 0 Å². The van der Waals surface area contributed by atoms with Gasteiger partial charge in [0.05, 0.1) is 12.3 Å². The Morgan fingerprint density at radius 2 is 2.43 bits per heavy atom. The maximum Gasteiger partial charge on any atom is 0.143 e. The molecule has 0 fully saturated rings. The topological polar surface area (TPSA) is 68.4 Å². The fourth-order valence-electron chi connectivity index (χ4n) is 0.986. The van der Waals surface area contributed by atoms with Crippen LogP contribution in [-0.4, -0.2) is 23.3 Å². The molecule has 0 aliphatic carbocycles. The van der Waals surface area contributed by atoms with Crippen LogP contribution in [0.1, 0.15) is 11.3 Å². The number of terminal acetylenes is 1. The highest BCUT2D eigenvalue weighted by molar-refractivity contribution is 5.39. The minimum atomic E-state index is -0.0513. The van der Waals surface area contributed by atoms with Gasteiger partial charge in [-0.15, -0.1) is 6.42 Å². The number of hydrogen-bond donors (Lipinski definition) is 2. The Morgan fingerprint density at radius 1 is 1.64 bits per heavy atom. The molecule has 0 aliphatic rings. The summed E-state index contributed by atoms with van der Waals surface area (Å²) in [5.41, 5.74) is 6.73. The number of rotatable bonds is 4. The molecule has 0 aliphatic heterocycles. The van der Waals surface area contributed by atoms with Crippen molar-refractivity contribution in [2.45, 2.75) is 6.54 Å². The highest BCUT2D eigenvalue weighted by atomic mass is 16.5. The van der Waals surface area contributed by atoms with Crippen LogP contribution in [0, 0.1) is 12.3 Å². The minimum Gasteiger partial charge on any atom is -0.489 e. The monoisotopic (exact) mass is 192 g/mol. The largest absolute Gasteiger partial charge is 0.489 e. The van der Waals surface area contributed by atoms with Crippen molar-refractivity contribution in [3.8, 4) is 18.1 Å². The van der Waals surface area contributed by atoms with E-state index in [1.165, 1.54) is 0 Å². The summed E-state index contributed by atoms with van der Waals surface area (Å²) in [6.07, 6.45) is 6.78. The van der Waals surface area contributed by atoms with Crippen molar-refractivity contribution in [1.29, 1.82) is 0 Å². The maximum absolute atomic E-state index is 8.60. The summed E-state index contributed by atoms with van der Waals surface area (Å²) in [5.74, 6) is 2.99. The van der Waals surface area contributed by atoms with E-state index >= 15 is 0 Å². The number of aromatic nitrogens is 1. The average molecular weight is 192 g/mol. The Kier molecular flexibility index (Phi) is 3.92. The van der Waals surface area contributed by atoms with E-state index in [2.05, 4.69) is 10.9 Å². The second-order valence-electron chi connectivity index (χ2n) is 2.59. The van der Waals surface area contributed by atoms with Gasteiger partial charge < -0.3 is 15.6 Å². The van der Waals surface area contributed by atoms with Gasteiger partial charge in [-0.2, -0.15) is 0 Å². The SMILES string of the molecule is C#Cc1cnc(CN)c(OCCO)c1.